The van der Waals surface area contributed by atoms with Gasteiger partial charge in [0.2, 0.25) is 0 Å². The molecule has 0 spiro atoms. The Kier molecular flexibility index (Phi) is 3.74. The van der Waals surface area contributed by atoms with E-state index in [9.17, 15) is 9.90 Å². The summed E-state index contributed by atoms with van der Waals surface area (Å²) in [6.45, 7) is 3.88. The quantitative estimate of drug-likeness (QED) is 0.896. The Hall–Kier alpha value is -1.00. The topological polar surface area (TPSA) is 45.5 Å². The molecule has 94 valence electrons. The van der Waals surface area contributed by atoms with E-state index in [2.05, 4.69) is 6.92 Å². The monoisotopic (exact) mass is 256 g/mol. The first-order chi connectivity index (χ1) is 8.11. The molecule has 1 aromatic heterocycles. The van der Waals surface area contributed by atoms with Crippen LogP contribution in [0.15, 0.2) is 12.3 Å². The summed E-state index contributed by atoms with van der Waals surface area (Å²) in [7, 11) is 0. The van der Waals surface area contributed by atoms with Gasteiger partial charge in [0.1, 0.15) is 5.69 Å². The maximum Gasteiger partial charge on any atom is 0.270 e. The number of amides is 1. The molecule has 17 heavy (non-hydrogen) atoms. The normalized spacial score (nSPS) is 19.9. The molecule has 0 aromatic carbocycles. The smallest absolute Gasteiger partial charge is 0.270 e. The minimum atomic E-state index is -0.385. The van der Waals surface area contributed by atoms with Crippen LogP contribution in [0.1, 0.15) is 30.3 Å². The number of rotatable bonds is 3. The Morgan fingerprint density at radius 2 is 2.41 bits per heavy atom. The molecule has 1 aliphatic heterocycles. The van der Waals surface area contributed by atoms with Crippen molar-refractivity contribution in [1.29, 1.82) is 0 Å². The highest BCUT2D eigenvalue weighted by molar-refractivity contribution is 6.31. The molecule has 0 radical (unpaired) electrons. The van der Waals surface area contributed by atoms with Gasteiger partial charge in [0.05, 0.1) is 11.1 Å². The van der Waals surface area contributed by atoms with E-state index in [0.29, 0.717) is 30.2 Å². The first-order valence-electron chi connectivity index (χ1n) is 5.95. The third-order valence-electron chi connectivity index (χ3n) is 3.00. The van der Waals surface area contributed by atoms with Crippen LogP contribution in [-0.2, 0) is 6.54 Å². The van der Waals surface area contributed by atoms with E-state index in [4.69, 9.17) is 11.6 Å². The zero-order chi connectivity index (χ0) is 12.4. The lowest BCUT2D eigenvalue weighted by molar-refractivity contribution is 0.0754. The first-order valence-corrected chi connectivity index (χ1v) is 6.32. The van der Waals surface area contributed by atoms with Crippen LogP contribution in [0.2, 0.25) is 5.02 Å². The lowest BCUT2D eigenvalue weighted by Crippen LogP contribution is -2.31. The van der Waals surface area contributed by atoms with Crippen molar-refractivity contribution in [3.8, 4) is 0 Å². The van der Waals surface area contributed by atoms with Crippen molar-refractivity contribution < 1.29 is 9.90 Å². The fraction of sp³-hybridized carbons (Fsp3) is 0.583. The second kappa shape index (κ2) is 5.10. The van der Waals surface area contributed by atoms with Gasteiger partial charge in [-0.15, -0.1) is 0 Å². The first kappa shape index (κ1) is 12.5. The summed E-state index contributed by atoms with van der Waals surface area (Å²) in [6.07, 6.45) is 3.01. The molecule has 1 saturated heterocycles. The SMILES string of the molecule is CCCn1cc(Cl)cc1C(=O)N1CCC(O)C1. The summed E-state index contributed by atoms with van der Waals surface area (Å²) < 4.78 is 1.88. The summed E-state index contributed by atoms with van der Waals surface area (Å²) in [5.74, 6) is -0.0399. The van der Waals surface area contributed by atoms with Crippen LogP contribution >= 0.6 is 11.6 Å². The van der Waals surface area contributed by atoms with Crippen LogP contribution in [0.5, 0.6) is 0 Å². The van der Waals surface area contributed by atoms with E-state index in [-0.39, 0.29) is 12.0 Å². The Morgan fingerprint density at radius 3 is 3.00 bits per heavy atom. The molecule has 0 saturated carbocycles. The number of aryl methyl sites for hydroxylation is 1. The molecule has 4 nitrogen and oxygen atoms in total. The molecular weight excluding hydrogens is 240 g/mol. The van der Waals surface area contributed by atoms with Gasteiger partial charge in [-0.05, 0) is 18.9 Å². The highest BCUT2D eigenvalue weighted by Gasteiger charge is 2.27. The van der Waals surface area contributed by atoms with Crippen molar-refractivity contribution in [3.05, 3.63) is 23.0 Å². The van der Waals surface area contributed by atoms with Gasteiger partial charge < -0.3 is 14.6 Å². The molecule has 0 bridgehead atoms. The third kappa shape index (κ3) is 2.64. The molecule has 1 aliphatic rings. The fourth-order valence-electron chi connectivity index (χ4n) is 2.17. The zero-order valence-electron chi connectivity index (χ0n) is 9.90. The maximum atomic E-state index is 12.2. The van der Waals surface area contributed by atoms with E-state index in [1.54, 1.807) is 17.2 Å². The standard InChI is InChI=1S/C12H17ClN2O2/c1-2-4-14-7-9(13)6-11(14)12(17)15-5-3-10(16)8-15/h6-7,10,16H,2-5,8H2,1H3. The van der Waals surface area contributed by atoms with Gasteiger partial charge in [-0.25, -0.2) is 0 Å². The van der Waals surface area contributed by atoms with Gasteiger partial charge >= 0.3 is 0 Å². The van der Waals surface area contributed by atoms with Crippen molar-refractivity contribution >= 4 is 17.5 Å². The summed E-state index contributed by atoms with van der Waals surface area (Å²) in [5.41, 5.74) is 0.617. The molecule has 2 heterocycles. The summed E-state index contributed by atoms with van der Waals surface area (Å²) in [5, 5.41) is 10.0. The van der Waals surface area contributed by atoms with Gasteiger partial charge in [-0.2, -0.15) is 0 Å². The predicted octanol–water partition coefficient (Wildman–Crippen LogP) is 1.76. The molecule has 1 N–H and O–H groups in total. The number of nitrogens with zero attached hydrogens (tertiary/aromatic N) is 2. The molecule has 1 atom stereocenters. The molecular formula is C12H17ClN2O2. The Morgan fingerprint density at radius 1 is 1.65 bits per heavy atom. The molecule has 0 aliphatic carbocycles. The van der Waals surface area contributed by atoms with E-state index in [1.165, 1.54) is 0 Å². The minimum absolute atomic E-state index is 0.0399. The second-order valence-corrected chi connectivity index (χ2v) is 4.87. The Bertz CT molecular complexity index is 417. The number of hydrogen-bond donors (Lipinski definition) is 1. The largest absolute Gasteiger partial charge is 0.391 e. The highest BCUT2D eigenvalue weighted by atomic mass is 35.5. The van der Waals surface area contributed by atoms with Crippen molar-refractivity contribution in [2.45, 2.75) is 32.4 Å². The average molecular weight is 257 g/mol. The predicted molar refractivity (Wildman–Crippen MR) is 66.3 cm³/mol. The second-order valence-electron chi connectivity index (χ2n) is 4.43. The number of aliphatic hydroxyl groups excluding tert-OH is 1. The summed E-state index contributed by atoms with van der Waals surface area (Å²) in [6, 6.07) is 1.70. The highest BCUT2D eigenvalue weighted by Crippen LogP contribution is 2.19. The minimum Gasteiger partial charge on any atom is -0.391 e. The van der Waals surface area contributed by atoms with Crippen LogP contribution < -0.4 is 0 Å². The van der Waals surface area contributed by atoms with Gasteiger partial charge in [0, 0.05) is 25.8 Å². The number of aromatic nitrogens is 1. The van der Waals surface area contributed by atoms with Gasteiger partial charge in [0.25, 0.3) is 5.91 Å². The fourth-order valence-corrected chi connectivity index (χ4v) is 2.39. The lowest BCUT2D eigenvalue weighted by atomic mass is 10.3. The number of β-amino-alcohol motifs (C(OH)–C–C–N with tert-alkyl or cyclic N) is 1. The number of carbonyl (C=O) groups excluding carboxylic acids is 1. The van der Waals surface area contributed by atoms with E-state index in [0.717, 1.165) is 13.0 Å². The van der Waals surface area contributed by atoms with E-state index in [1.807, 2.05) is 4.57 Å². The van der Waals surface area contributed by atoms with Crippen LogP contribution in [0.25, 0.3) is 0 Å². The molecule has 5 heteroatoms. The van der Waals surface area contributed by atoms with Crippen molar-refractivity contribution in [2.24, 2.45) is 0 Å². The van der Waals surface area contributed by atoms with E-state index >= 15 is 0 Å². The summed E-state index contributed by atoms with van der Waals surface area (Å²) in [4.78, 5) is 13.9. The maximum absolute atomic E-state index is 12.2. The van der Waals surface area contributed by atoms with Crippen LogP contribution in [0, 0.1) is 0 Å². The molecule has 1 fully saturated rings. The number of hydrogen-bond acceptors (Lipinski definition) is 2. The zero-order valence-corrected chi connectivity index (χ0v) is 10.7. The molecule has 2 rings (SSSR count). The number of halogens is 1. The molecule has 1 aromatic rings. The molecule has 1 unspecified atom stereocenters. The molecule has 1 amide bonds. The Balaban J connectivity index is 2.18. The Labute approximate surface area is 106 Å². The van der Waals surface area contributed by atoms with E-state index < -0.39 is 0 Å². The van der Waals surface area contributed by atoms with Crippen molar-refractivity contribution in [2.75, 3.05) is 13.1 Å². The summed E-state index contributed by atoms with van der Waals surface area (Å²) >= 11 is 5.94. The third-order valence-corrected chi connectivity index (χ3v) is 3.20. The van der Waals surface area contributed by atoms with Crippen LogP contribution in [0.3, 0.4) is 0 Å². The number of carbonyl (C=O) groups is 1. The van der Waals surface area contributed by atoms with Crippen molar-refractivity contribution in [3.63, 3.8) is 0 Å². The van der Waals surface area contributed by atoms with Gasteiger partial charge in [-0.1, -0.05) is 18.5 Å². The number of likely N-dealkylation sites (tertiary alicyclic amines) is 1. The van der Waals surface area contributed by atoms with Gasteiger partial charge in [0.15, 0.2) is 0 Å². The van der Waals surface area contributed by atoms with Gasteiger partial charge in [-0.3, -0.25) is 4.79 Å². The lowest BCUT2D eigenvalue weighted by Gasteiger charge is -2.16. The van der Waals surface area contributed by atoms with Crippen LogP contribution in [-0.4, -0.2) is 39.7 Å². The van der Waals surface area contributed by atoms with Crippen molar-refractivity contribution in [1.82, 2.24) is 9.47 Å². The number of aliphatic hydroxyl groups is 1. The average Bonchev–Trinajstić information content (AvgIpc) is 2.85. The van der Waals surface area contributed by atoms with Crippen LogP contribution in [0.4, 0.5) is 0 Å².